The van der Waals surface area contributed by atoms with Gasteiger partial charge in [0.25, 0.3) is 0 Å². The van der Waals surface area contributed by atoms with Gasteiger partial charge in [-0.1, -0.05) is 38.1 Å². The van der Waals surface area contributed by atoms with Crippen molar-refractivity contribution in [2.24, 2.45) is 5.92 Å². The second-order valence-electron chi connectivity index (χ2n) is 8.39. The van der Waals surface area contributed by atoms with Crippen molar-refractivity contribution in [3.63, 3.8) is 0 Å². The summed E-state index contributed by atoms with van der Waals surface area (Å²) in [6.45, 7) is 5.50. The highest BCUT2D eigenvalue weighted by Gasteiger charge is 2.35. The third kappa shape index (κ3) is 3.84. The topological polar surface area (TPSA) is 48.0 Å². The van der Waals surface area contributed by atoms with Crippen molar-refractivity contribution in [2.45, 2.75) is 39.2 Å². The van der Waals surface area contributed by atoms with E-state index in [1.165, 1.54) is 11.1 Å². The van der Waals surface area contributed by atoms with Gasteiger partial charge in [0.1, 0.15) is 0 Å². The van der Waals surface area contributed by atoms with Gasteiger partial charge in [-0.15, -0.1) is 0 Å². The van der Waals surface area contributed by atoms with Gasteiger partial charge in [0.05, 0.1) is 7.11 Å². The number of ether oxygens (including phenoxy) is 3. The molecule has 2 aliphatic rings. The number of Topliss-reactive ketones (excluding diaryl/α,β-unsaturated/α-hetero) is 1. The molecule has 0 amide bonds. The zero-order chi connectivity index (χ0) is 20.5. The molecule has 0 fully saturated rings. The molecule has 2 heterocycles. The number of hydrogen-bond acceptors (Lipinski definition) is 5. The third-order valence-electron chi connectivity index (χ3n) is 5.85. The first-order valence-corrected chi connectivity index (χ1v) is 10.3. The maximum absolute atomic E-state index is 13.1. The monoisotopic (exact) mass is 395 g/mol. The second kappa shape index (κ2) is 8.07. The van der Waals surface area contributed by atoms with Gasteiger partial charge in [-0.25, -0.2) is 0 Å². The molecule has 0 aliphatic carbocycles. The fourth-order valence-corrected chi connectivity index (χ4v) is 4.37. The Kier molecular flexibility index (Phi) is 5.50. The summed E-state index contributed by atoms with van der Waals surface area (Å²) in [7, 11) is 3.72. The van der Waals surface area contributed by atoms with Crippen LogP contribution in [0.25, 0.3) is 0 Å². The van der Waals surface area contributed by atoms with E-state index < -0.39 is 0 Å². The van der Waals surface area contributed by atoms with E-state index in [9.17, 15) is 4.79 Å². The van der Waals surface area contributed by atoms with E-state index in [1.54, 1.807) is 7.11 Å². The number of fused-ring (bicyclic) bond motifs is 2. The lowest BCUT2D eigenvalue weighted by atomic mass is 9.87. The Morgan fingerprint density at radius 2 is 2.00 bits per heavy atom. The maximum Gasteiger partial charge on any atom is 0.231 e. The number of carbonyl (C=O) groups excluding carboxylic acids is 1. The highest BCUT2D eigenvalue weighted by atomic mass is 16.7. The Morgan fingerprint density at radius 1 is 1.24 bits per heavy atom. The lowest BCUT2D eigenvalue weighted by molar-refractivity contribution is 0.0925. The first-order valence-electron chi connectivity index (χ1n) is 10.3. The van der Waals surface area contributed by atoms with Crippen LogP contribution < -0.4 is 14.2 Å². The fraction of sp³-hybridized carbons (Fsp3) is 0.458. The molecule has 2 aliphatic heterocycles. The van der Waals surface area contributed by atoms with Gasteiger partial charge in [0.15, 0.2) is 17.3 Å². The number of rotatable bonds is 6. The summed E-state index contributed by atoms with van der Waals surface area (Å²) >= 11 is 0. The van der Waals surface area contributed by atoms with Crippen LogP contribution in [-0.2, 0) is 12.8 Å². The predicted molar refractivity (Wildman–Crippen MR) is 112 cm³/mol. The molecule has 0 bridgehead atoms. The molecule has 0 saturated heterocycles. The highest BCUT2D eigenvalue weighted by molar-refractivity contribution is 5.96. The van der Waals surface area contributed by atoms with Crippen molar-refractivity contribution in [1.82, 2.24) is 4.90 Å². The molecule has 0 unspecified atom stereocenters. The second-order valence-corrected chi connectivity index (χ2v) is 8.39. The Labute approximate surface area is 172 Å². The SMILES string of the molecule is COc1c2c(cc3c1[C@H](CC(=O)c1ccc(CC(C)C)cc1)N(C)CC3)OCO2. The minimum absolute atomic E-state index is 0.0500. The molecular weight excluding hydrogens is 366 g/mol. The lowest BCUT2D eigenvalue weighted by Gasteiger charge is -2.35. The van der Waals surface area contributed by atoms with Crippen LogP contribution in [0.4, 0.5) is 0 Å². The summed E-state index contributed by atoms with van der Waals surface area (Å²) in [4.78, 5) is 15.3. The van der Waals surface area contributed by atoms with Crippen LogP contribution in [-0.4, -0.2) is 38.2 Å². The van der Waals surface area contributed by atoms with E-state index in [-0.39, 0.29) is 18.6 Å². The van der Waals surface area contributed by atoms with Gasteiger partial charge in [0, 0.05) is 30.1 Å². The Morgan fingerprint density at radius 3 is 2.69 bits per heavy atom. The first kappa shape index (κ1) is 19.8. The van der Waals surface area contributed by atoms with Crippen LogP contribution in [0.5, 0.6) is 17.2 Å². The van der Waals surface area contributed by atoms with Crippen LogP contribution in [0, 0.1) is 5.92 Å². The molecule has 2 aromatic rings. The largest absolute Gasteiger partial charge is 0.492 e. The van der Waals surface area contributed by atoms with E-state index in [0.29, 0.717) is 23.8 Å². The Hall–Kier alpha value is -2.53. The average molecular weight is 395 g/mol. The summed E-state index contributed by atoms with van der Waals surface area (Å²) in [5.41, 5.74) is 4.26. The van der Waals surface area contributed by atoms with Crippen molar-refractivity contribution in [2.75, 3.05) is 27.5 Å². The molecule has 5 nitrogen and oxygen atoms in total. The molecule has 4 rings (SSSR count). The number of hydrogen-bond donors (Lipinski definition) is 0. The molecule has 154 valence electrons. The highest BCUT2D eigenvalue weighted by Crippen LogP contribution is 2.50. The first-order chi connectivity index (χ1) is 14.0. The maximum atomic E-state index is 13.1. The summed E-state index contributed by atoms with van der Waals surface area (Å²) < 4.78 is 17.0. The molecule has 0 radical (unpaired) electrons. The summed E-state index contributed by atoms with van der Waals surface area (Å²) in [5.74, 6) is 2.83. The van der Waals surface area contributed by atoms with Crippen LogP contribution in [0.3, 0.4) is 0 Å². The van der Waals surface area contributed by atoms with Crippen molar-refractivity contribution < 1.29 is 19.0 Å². The van der Waals surface area contributed by atoms with Gasteiger partial charge >= 0.3 is 0 Å². The third-order valence-corrected chi connectivity index (χ3v) is 5.85. The van der Waals surface area contributed by atoms with Crippen molar-refractivity contribution in [3.05, 3.63) is 52.6 Å². The summed E-state index contributed by atoms with van der Waals surface area (Å²) in [6, 6.07) is 10.1. The van der Waals surface area contributed by atoms with E-state index in [2.05, 4.69) is 37.9 Å². The molecule has 0 N–H and O–H groups in total. The van der Waals surface area contributed by atoms with Gasteiger partial charge < -0.3 is 14.2 Å². The van der Waals surface area contributed by atoms with Gasteiger partial charge in [-0.3, -0.25) is 9.69 Å². The lowest BCUT2D eigenvalue weighted by Crippen LogP contribution is -2.34. The molecule has 2 aromatic carbocycles. The molecule has 0 aromatic heterocycles. The van der Waals surface area contributed by atoms with E-state index >= 15 is 0 Å². The fourth-order valence-electron chi connectivity index (χ4n) is 4.37. The van der Waals surface area contributed by atoms with Gasteiger partial charge in [-0.2, -0.15) is 0 Å². The Bertz CT molecular complexity index is 904. The molecule has 0 saturated carbocycles. The number of likely N-dealkylation sites (N-methyl/N-ethyl adjacent to an activating group) is 1. The van der Waals surface area contributed by atoms with Gasteiger partial charge in [-0.05, 0) is 43.0 Å². The van der Waals surface area contributed by atoms with Crippen LogP contribution in [0.1, 0.15) is 53.4 Å². The van der Waals surface area contributed by atoms with E-state index in [4.69, 9.17) is 14.2 Å². The van der Waals surface area contributed by atoms with E-state index in [1.807, 2.05) is 18.2 Å². The number of nitrogens with zero attached hydrogens (tertiary/aromatic N) is 1. The van der Waals surface area contributed by atoms with E-state index in [0.717, 1.165) is 36.3 Å². The van der Waals surface area contributed by atoms with Crippen molar-refractivity contribution in [3.8, 4) is 17.2 Å². The quantitative estimate of drug-likeness (QED) is 0.678. The molecule has 1 atom stereocenters. The number of carbonyl (C=O) groups is 1. The Balaban J connectivity index is 1.62. The summed E-state index contributed by atoms with van der Waals surface area (Å²) in [5, 5.41) is 0. The van der Waals surface area contributed by atoms with Gasteiger partial charge in [0.2, 0.25) is 12.5 Å². The summed E-state index contributed by atoms with van der Waals surface area (Å²) in [6.07, 6.45) is 2.33. The number of methoxy groups -OCH3 is 1. The van der Waals surface area contributed by atoms with Crippen LogP contribution in [0.15, 0.2) is 30.3 Å². The normalized spacial score (nSPS) is 18.0. The number of benzene rings is 2. The minimum Gasteiger partial charge on any atom is -0.492 e. The zero-order valence-electron chi connectivity index (χ0n) is 17.7. The average Bonchev–Trinajstić information content (AvgIpc) is 3.16. The van der Waals surface area contributed by atoms with Crippen molar-refractivity contribution in [1.29, 1.82) is 0 Å². The smallest absolute Gasteiger partial charge is 0.231 e. The standard InChI is InChI=1S/C24H29NO4/c1-15(2)11-16-5-7-17(8-6-16)20(26)13-19-22-18(9-10-25(19)3)12-21-23(24(22)27-4)29-14-28-21/h5-8,12,15,19H,9-11,13-14H2,1-4H3/t19-/m0/s1. The number of ketones is 1. The minimum atomic E-state index is -0.0500. The van der Waals surface area contributed by atoms with Crippen LogP contribution >= 0.6 is 0 Å². The predicted octanol–water partition coefficient (Wildman–Crippen LogP) is 4.42. The molecule has 5 heteroatoms. The molecular formula is C24H29NO4. The molecule has 29 heavy (non-hydrogen) atoms. The van der Waals surface area contributed by atoms with Crippen LogP contribution in [0.2, 0.25) is 0 Å². The zero-order valence-corrected chi connectivity index (χ0v) is 17.7. The van der Waals surface area contributed by atoms with Crippen molar-refractivity contribution >= 4 is 5.78 Å². The molecule has 0 spiro atoms.